The quantitative estimate of drug-likeness (QED) is 0.296. The Morgan fingerprint density at radius 3 is 2.71 bits per heavy atom. The van der Waals surface area contributed by atoms with Gasteiger partial charge in [-0.2, -0.15) is 0 Å². The summed E-state index contributed by atoms with van der Waals surface area (Å²) in [6.45, 7) is 7.68. The summed E-state index contributed by atoms with van der Waals surface area (Å²) in [4.78, 5) is 11.2. The summed E-state index contributed by atoms with van der Waals surface area (Å²) in [6, 6.07) is 11.6. The second-order valence-electron chi connectivity index (χ2n) is 7.14. The van der Waals surface area contributed by atoms with E-state index < -0.39 is 0 Å². The second-order valence-corrected chi connectivity index (χ2v) is 8.39. The number of hydrogen-bond acceptors (Lipinski definition) is 7. The van der Waals surface area contributed by atoms with Crippen molar-refractivity contribution in [3.8, 4) is 23.1 Å². The van der Waals surface area contributed by atoms with Crippen LogP contribution in [0.5, 0.6) is 23.1 Å². The third-order valence-electron chi connectivity index (χ3n) is 4.95. The normalized spacial score (nSPS) is 14.5. The summed E-state index contributed by atoms with van der Waals surface area (Å²) >= 11 is 2.26. The first-order valence-electron chi connectivity index (χ1n) is 10.5. The van der Waals surface area contributed by atoms with E-state index in [1.54, 1.807) is 0 Å². The number of morpholine rings is 1. The van der Waals surface area contributed by atoms with Gasteiger partial charge in [-0.05, 0) is 60.2 Å². The van der Waals surface area contributed by atoms with Crippen LogP contribution in [0.4, 0.5) is 0 Å². The van der Waals surface area contributed by atoms with Crippen LogP contribution < -0.4 is 14.2 Å². The third-order valence-corrected chi connectivity index (χ3v) is 5.63. The van der Waals surface area contributed by atoms with Crippen molar-refractivity contribution < 1.29 is 18.9 Å². The Kier molecular flexibility index (Phi) is 7.76. The Labute approximate surface area is 195 Å². The van der Waals surface area contributed by atoms with Gasteiger partial charge < -0.3 is 18.9 Å². The number of ether oxygens (including phenoxy) is 4. The fraction of sp³-hybridized carbons (Fsp3) is 0.391. The van der Waals surface area contributed by atoms with Crippen molar-refractivity contribution in [1.82, 2.24) is 14.9 Å². The van der Waals surface area contributed by atoms with Gasteiger partial charge in [-0.1, -0.05) is 6.07 Å². The smallest absolute Gasteiger partial charge is 0.230 e. The molecule has 0 N–H and O–H groups in total. The van der Waals surface area contributed by atoms with Crippen LogP contribution >= 0.6 is 22.6 Å². The zero-order valence-electron chi connectivity index (χ0n) is 17.6. The topological polar surface area (TPSA) is 65.9 Å². The molecule has 0 spiro atoms. The second kappa shape index (κ2) is 10.9. The third kappa shape index (κ3) is 5.96. The minimum Gasteiger partial charge on any atom is -0.490 e. The van der Waals surface area contributed by atoms with Crippen molar-refractivity contribution in [2.24, 2.45) is 0 Å². The van der Waals surface area contributed by atoms with Crippen LogP contribution in [0.25, 0.3) is 10.9 Å². The van der Waals surface area contributed by atoms with Crippen LogP contribution in [-0.4, -0.2) is 60.9 Å². The highest BCUT2D eigenvalue weighted by atomic mass is 125. The Bertz CT molecular complexity index is 1010. The number of rotatable bonds is 9. The van der Waals surface area contributed by atoms with Crippen molar-refractivity contribution in [2.75, 3.05) is 46.1 Å². The van der Waals surface area contributed by atoms with Crippen molar-refractivity contribution in [2.45, 2.75) is 13.3 Å². The molecule has 8 heteroatoms. The molecule has 31 heavy (non-hydrogen) atoms. The molecule has 0 unspecified atom stereocenters. The van der Waals surface area contributed by atoms with E-state index in [1.165, 1.54) is 6.33 Å². The van der Waals surface area contributed by atoms with Crippen LogP contribution in [0, 0.1) is 3.57 Å². The number of benzene rings is 2. The molecule has 2 heterocycles. The molecule has 0 aliphatic carbocycles. The Balaban J connectivity index is 1.52. The standard InChI is InChI=1S/C23H26IN3O4/c1-2-29-22-15-20-19(14-21(22)30-10-4-7-27-8-11-28-12-9-27)23(26-16-25-20)31-18-6-3-5-17(24)13-18/h3,5-6,13-16H,2,4,7-12H2,1H3/i24-2. The molecule has 164 valence electrons. The fourth-order valence-electron chi connectivity index (χ4n) is 3.44. The van der Waals surface area contributed by atoms with Gasteiger partial charge in [0, 0.05) is 29.3 Å². The zero-order chi connectivity index (χ0) is 21.5. The molecule has 1 aromatic heterocycles. The number of nitrogens with zero attached hydrogens (tertiary/aromatic N) is 3. The number of hydrogen-bond donors (Lipinski definition) is 0. The van der Waals surface area contributed by atoms with Crippen LogP contribution in [-0.2, 0) is 4.74 Å². The molecular weight excluding hydrogens is 507 g/mol. The lowest BCUT2D eigenvalue weighted by molar-refractivity contribution is 0.0357. The van der Waals surface area contributed by atoms with Crippen LogP contribution in [0.3, 0.4) is 0 Å². The highest BCUT2D eigenvalue weighted by Gasteiger charge is 2.14. The van der Waals surface area contributed by atoms with E-state index in [9.17, 15) is 0 Å². The van der Waals surface area contributed by atoms with Gasteiger partial charge in [0.15, 0.2) is 11.5 Å². The van der Waals surface area contributed by atoms with E-state index in [-0.39, 0.29) is 0 Å². The van der Waals surface area contributed by atoms with Gasteiger partial charge in [0.1, 0.15) is 12.1 Å². The number of aromatic nitrogens is 2. The predicted molar refractivity (Wildman–Crippen MR) is 127 cm³/mol. The Morgan fingerprint density at radius 1 is 1.06 bits per heavy atom. The van der Waals surface area contributed by atoms with Gasteiger partial charge in [-0.3, -0.25) is 4.90 Å². The average Bonchev–Trinajstić information content (AvgIpc) is 2.78. The van der Waals surface area contributed by atoms with Gasteiger partial charge in [0.2, 0.25) is 5.88 Å². The zero-order valence-corrected chi connectivity index (χ0v) is 19.7. The summed E-state index contributed by atoms with van der Waals surface area (Å²) in [7, 11) is 0. The molecule has 1 aliphatic rings. The summed E-state index contributed by atoms with van der Waals surface area (Å²) in [5.74, 6) is 2.58. The average molecular weight is 533 g/mol. The molecule has 0 radical (unpaired) electrons. The largest absolute Gasteiger partial charge is 0.490 e. The van der Waals surface area contributed by atoms with Crippen molar-refractivity contribution in [3.05, 3.63) is 46.3 Å². The van der Waals surface area contributed by atoms with Gasteiger partial charge in [-0.15, -0.1) is 0 Å². The van der Waals surface area contributed by atoms with Gasteiger partial charge in [-0.25, -0.2) is 9.97 Å². The lowest BCUT2D eigenvalue weighted by atomic mass is 10.2. The van der Waals surface area contributed by atoms with Gasteiger partial charge in [0.25, 0.3) is 0 Å². The summed E-state index contributed by atoms with van der Waals surface area (Å²) in [5, 5.41) is 0.785. The molecule has 0 amide bonds. The minimum absolute atomic E-state index is 0.494. The highest BCUT2D eigenvalue weighted by Crippen LogP contribution is 2.36. The first-order chi connectivity index (χ1) is 15.2. The lowest BCUT2D eigenvalue weighted by Crippen LogP contribution is -2.37. The van der Waals surface area contributed by atoms with Crippen molar-refractivity contribution in [1.29, 1.82) is 0 Å². The molecular formula is C23H26IN3O4. The Hall–Kier alpha value is -2.17. The van der Waals surface area contributed by atoms with Crippen LogP contribution in [0.2, 0.25) is 0 Å². The molecule has 3 aromatic rings. The molecule has 0 saturated carbocycles. The maximum atomic E-state index is 6.12. The predicted octanol–water partition coefficient (Wildman–Crippen LogP) is 4.53. The first-order valence-corrected chi connectivity index (χ1v) is 11.6. The van der Waals surface area contributed by atoms with E-state index in [0.717, 1.165) is 59.5 Å². The Morgan fingerprint density at radius 2 is 1.90 bits per heavy atom. The van der Waals surface area contributed by atoms with Gasteiger partial charge >= 0.3 is 0 Å². The first kappa shape index (κ1) is 22.0. The molecule has 4 rings (SSSR count). The molecule has 0 atom stereocenters. The molecule has 1 fully saturated rings. The van der Waals surface area contributed by atoms with Crippen molar-refractivity contribution >= 4 is 33.5 Å². The van der Waals surface area contributed by atoms with Crippen LogP contribution in [0.1, 0.15) is 13.3 Å². The highest BCUT2D eigenvalue weighted by molar-refractivity contribution is 14.1. The van der Waals surface area contributed by atoms with Crippen LogP contribution in [0.15, 0.2) is 42.7 Å². The maximum absolute atomic E-state index is 6.12. The van der Waals surface area contributed by atoms with E-state index in [2.05, 4.69) is 37.5 Å². The molecule has 0 bridgehead atoms. The summed E-state index contributed by atoms with van der Waals surface area (Å²) in [5.41, 5.74) is 0.750. The van der Waals surface area contributed by atoms with E-state index >= 15 is 0 Å². The molecule has 1 saturated heterocycles. The van der Waals surface area contributed by atoms with Gasteiger partial charge in [0.05, 0.1) is 37.3 Å². The molecule has 2 aromatic carbocycles. The van der Waals surface area contributed by atoms with E-state index in [4.69, 9.17) is 18.9 Å². The summed E-state index contributed by atoms with van der Waals surface area (Å²) < 4.78 is 24.5. The fourth-order valence-corrected chi connectivity index (χ4v) is 3.95. The number of halogens is 1. The molecule has 7 nitrogen and oxygen atoms in total. The van der Waals surface area contributed by atoms with Crippen molar-refractivity contribution in [3.63, 3.8) is 0 Å². The van der Waals surface area contributed by atoms with E-state index in [1.807, 2.05) is 43.3 Å². The molecule has 1 aliphatic heterocycles. The lowest BCUT2D eigenvalue weighted by Gasteiger charge is -2.26. The maximum Gasteiger partial charge on any atom is 0.230 e. The summed E-state index contributed by atoms with van der Waals surface area (Å²) in [6.07, 6.45) is 2.44. The SMILES string of the molecule is CCOc1cc2ncnc(Oc3cccc([125I])c3)c2cc1OCCCN1CCOCC1. The number of fused-ring (bicyclic) bond motifs is 1. The monoisotopic (exact) mass is 533 g/mol. The van der Waals surface area contributed by atoms with E-state index in [0.29, 0.717) is 30.6 Å². The minimum atomic E-state index is 0.494.